The van der Waals surface area contributed by atoms with Crippen molar-refractivity contribution in [3.63, 3.8) is 0 Å². The molecule has 0 amide bonds. The van der Waals surface area contributed by atoms with Crippen LogP contribution in [0.15, 0.2) is 60.4 Å². The zero-order valence-corrected chi connectivity index (χ0v) is 14.5. The van der Waals surface area contributed by atoms with Gasteiger partial charge in [-0.3, -0.25) is 0 Å². The van der Waals surface area contributed by atoms with Gasteiger partial charge < -0.3 is 10.1 Å². The number of hydrogen-bond donors (Lipinski definition) is 1. The van der Waals surface area contributed by atoms with Crippen LogP contribution >= 0.6 is 11.3 Å². The highest BCUT2D eigenvalue weighted by Gasteiger charge is 2.06. The first kappa shape index (κ1) is 15.5. The maximum atomic E-state index is 5.85. The molecule has 0 bridgehead atoms. The van der Waals surface area contributed by atoms with E-state index in [2.05, 4.69) is 20.3 Å². The topological polar surface area (TPSA) is 59.9 Å². The highest BCUT2D eigenvalue weighted by Crippen LogP contribution is 2.27. The van der Waals surface area contributed by atoms with Crippen molar-refractivity contribution >= 4 is 33.7 Å². The molecule has 0 aliphatic carbocycles. The van der Waals surface area contributed by atoms with Crippen LogP contribution < -0.4 is 10.1 Å². The van der Waals surface area contributed by atoms with E-state index >= 15 is 0 Å². The van der Waals surface area contributed by atoms with Gasteiger partial charge in [0.25, 0.3) is 0 Å². The maximum absolute atomic E-state index is 5.85. The van der Waals surface area contributed by atoms with Crippen molar-refractivity contribution in [3.05, 3.63) is 70.9 Å². The van der Waals surface area contributed by atoms with Crippen molar-refractivity contribution in [1.82, 2.24) is 15.0 Å². The van der Waals surface area contributed by atoms with Gasteiger partial charge in [-0.1, -0.05) is 12.1 Å². The van der Waals surface area contributed by atoms with E-state index in [4.69, 9.17) is 4.74 Å². The molecule has 1 N–H and O–H groups in total. The van der Waals surface area contributed by atoms with Gasteiger partial charge in [-0.2, -0.15) is 0 Å². The highest BCUT2D eigenvalue weighted by molar-refractivity contribution is 7.09. The van der Waals surface area contributed by atoms with Gasteiger partial charge in [0.2, 0.25) is 0 Å². The first-order valence-corrected chi connectivity index (χ1v) is 8.76. The molecule has 2 heterocycles. The van der Waals surface area contributed by atoms with Crippen molar-refractivity contribution in [2.45, 2.75) is 13.5 Å². The predicted octanol–water partition coefficient (Wildman–Crippen LogP) is 4.72. The van der Waals surface area contributed by atoms with Crippen molar-refractivity contribution < 1.29 is 4.74 Å². The third kappa shape index (κ3) is 3.44. The van der Waals surface area contributed by atoms with E-state index in [0.717, 1.165) is 38.7 Å². The molecule has 2 aromatic carbocycles. The van der Waals surface area contributed by atoms with Crippen molar-refractivity contribution in [3.8, 4) is 5.75 Å². The Hall–Kier alpha value is -2.99. The first-order chi connectivity index (χ1) is 12.3. The lowest BCUT2D eigenvalue weighted by atomic mass is 10.2. The lowest BCUT2D eigenvalue weighted by Gasteiger charge is -2.12. The summed E-state index contributed by atoms with van der Waals surface area (Å²) in [6.07, 6.45) is 3.36. The second kappa shape index (κ2) is 6.86. The molecule has 4 rings (SSSR count). The van der Waals surface area contributed by atoms with Gasteiger partial charge in [0.1, 0.15) is 29.5 Å². The molecule has 124 valence electrons. The summed E-state index contributed by atoms with van der Waals surface area (Å²) < 4.78 is 5.85. The Morgan fingerprint density at radius 2 is 2.00 bits per heavy atom. The lowest BCUT2D eigenvalue weighted by Crippen LogP contribution is -1.99. The largest absolute Gasteiger partial charge is 0.486 e. The SMILES string of the molecule is Cc1cc(Nc2ncnc3ccccc23)ccc1OCc1nccs1. The second-order valence-corrected chi connectivity index (χ2v) is 6.54. The third-order valence-corrected chi connectivity index (χ3v) is 4.57. The number of ether oxygens (including phenoxy) is 1. The summed E-state index contributed by atoms with van der Waals surface area (Å²) in [4.78, 5) is 12.9. The lowest BCUT2D eigenvalue weighted by molar-refractivity contribution is 0.303. The normalized spacial score (nSPS) is 10.8. The third-order valence-electron chi connectivity index (χ3n) is 3.82. The van der Waals surface area contributed by atoms with E-state index in [1.165, 1.54) is 0 Å². The molecule has 0 saturated carbocycles. The zero-order chi connectivity index (χ0) is 17.1. The van der Waals surface area contributed by atoms with Crippen LogP contribution in [0.1, 0.15) is 10.6 Å². The first-order valence-electron chi connectivity index (χ1n) is 7.88. The summed E-state index contributed by atoms with van der Waals surface area (Å²) in [5, 5.41) is 7.28. The Kier molecular flexibility index (Phi) is 4.26. The Bertz CT molecular complexity index is 996. The number of para-hydroxylation sites is 1. The molecule has 5 nitrogen and oxygen atoms in total. The molecule has 0 spiro atoms. The standard InChI is InChI=1S/C19H16N4OS/c1-13-10-14(6-7-17(13)24-11-18-20-8-9-25-18)23-19-15-4-2-3-5-16(15)21-12-22-19/h2-10,12H,11H2,1H3,(H,21,22,23). The van der Waals surface area contributed by atoms with Gasteiger partial charge >= 0.3 is 0 Å². The summed E-state index contributed by atoms with van der Waals surface area (Å²) in [5.41, 5.74) is 2.93. The number of nitrogens with zero attached hydrogens (tertiary/aromatic N) is 3. The van der Waals surface area contributed by atoms with Gasteiger partial charge in [-0.05, 0) is 42.8 Å². The molecular formula is C19H16N4OS. The molecule has 4 aromatic rings. The van der Waals surface area contributed by atoms with E-state index in [9.17, 15) is 0 Å². The van der Waals surface area contributed by atoms with Crippen molar-refractivity contribution in [1.29, 1.82) is 0 Å². The summed E-state index contributed by atoms with van der Waals surface area (Å²) in [6.45, 7) is 2.52. The molecule has 25 heavy (non-hydrogen) atoms. The Balaban J connectivity index is 1.54. The fourth-order valence-electron chi connectivity index (χ4n) is 2.59. The van der Waals surface area contributed by atoms with Crippen LogP contribution in [-0.4, -0.2) is 15.0 Å². The Morgan fingerprint density at radius 3 is 2.84 bits per heavy atom. The van der Waals surface area contributed by atoms with Crippen LogP contribution in [0, 0.1) is 6.92 Å². The second-order valence-electron chi connectivity index (χ2n) is 5.56. The Morgan fingerprint density at radius 1 is 1.08 bits per heavy atom. The summed E-state index contributed by atoms with van der Waals surface area (Å²) >= 11 is 1.59. The van der Waals surface area contributed by atoms with Gasteiger partial charge in [0, 0.05) is 22.7 Å². The summed E-state index contributed by atoms with van der Waals surface area (Å²) in [5.74, 6) is 1.65. The highest BCUT2D eigenvalue weighted by atomic mass is 32.1. The zero-order valence-electron chi connectivity index (χ0n) is 13.6. The van der Waals surface area contributed by atoms with Gasteiger partial charge in [0.05, 0.1) is 5.52 Å². The van der Waals surface area contributed by atoms with Crippen LogP contribution in [0.4, 0.5) is 11.5 Å². The van der Waals surface area contributed by atoms with E-state index in [1.54, 1.807) is 23.9 Å². The van der Waals surface area contributed by atoms with E-state index in [0.29, 0.717) is 6.61 Å². The summed E-state index contributed by atoms with van der Waals surface area (Å²) in [6, 6.07) is 13.9. The minimum atomic E-state index is 0.488. The van der Waals surface area contributed by atoms with Crippen LogP contribution in [0.3, 0.4) is 0 Å². The molecule has 6 heteroatoms. The van der Waals surface area contributed by atoms with Gasteiger partial charge in [0.15, 0.2) is 0 Å². The number of thiazole rings is 1. The molecule has 0 unspecified atom stereocenters. The van der Waals surface area contributed by atoms with Gasteiger partial charge in [-0.15, -0.1) is 11.3 Å². The Labute approximate surface area is 149 Å². The van der Waals surface area contributed by atoms with Crippen LogP contribution in [0.25, 0.3) is 10.9 Å². The maximum Gasteiger partial charge on any atom is 0.141 e. The van der Waals surface area contributed by atoms with Gasteiger partial charge in [-0.25, -0.2) is 15.0 Å². The average Bonchev–Trinajstić information content (AvgIpc) is 3.15. The van der Waals surface area contributed by atoms with E-state index in [1.807, 2.05) is 54.8 Å². The molecule has 2 aromatic heterocycles. The molecule has 0 fully saturated rings. The molecule has 0 aliphatic heterocycles. The average molecular weight is 348 g/mol. The minimum absolute atomic E-state index is 0.488. The molecule has 0 radical (unpaired) electrons. The van der Waals surface area contributed by atoms with Crippen molar-refractivity contribution in [2.75, 3.05) is 5.32 Å². The van der Waals surface area contributed by atoms with Crippen LogP contribution in [-0.2, 0) is 6.61 Å². The number of anilines is 2. The monoisotopic (exact) mass is 348 g/mol. The smallest absolute Gasteiger partial charge is 0.141 e. The number of aryl methyl sites for hydroxylation is 1. The van der Waals surface area contributed by atoms with Crippen molar-refractivity contribution in [2.24, 2.45) is 0 Å². The minimum Gasteiger partial charge on any atom is -0.486 e. The predicted molar refractivity (Wildman–Crippen MR) is 100 cm³/mol. The van der Waals surface area contributed by atoms with Crippen LogP contribution in [0.2, 0.25) is 0 Å². The molecule has 0 atom stereocenters. The fourth-order valence-corrected chi connectivity index (χ4v) is 3.12. The fraction of sp³-hybridized carbons (Fsp3) is 0.105. The number of rotatable bonds is 5. The number of fused-ring (bicyclic) bond motifs is 1. The van der Waals surface area contributed by atoms with E-state index in [-0.39, 0.29) is 0 Å². The van der Waals surface area contributed by atoms with Crippen LogP contribution in [0.5, 0.6) is 5.75 Å². The number of aromatic nitrogens is 3. The number of nitrogens with one attached hydrogen (secondary N) is 1. The molecular weight excluding hydrogens is 332 g/mol. The summed E-state index contributed by atoms with van der Waals surface area (Å²) in [7, 11) is 0. The number of benzene rings is 2. The number of hydrogen-bond acceptors (Lipinski definition) is 6. The quantitative estimate of drug-likeness (QED) is 0.565. The van der Waals surface area contributed by atoms with E-state index < -0.39 is 0 Å². The molecule has 0 aliphatic rings. The molecule has 0 saturated heterocycles.